The molecule has 1 atom stereocenters. The van der Waals surface area contributed by atoms with Crippen molar-refractivity contribution in [1.29, 1.82) is 5.26 Å². The molecule has 15 heavy (non-hydrogen) atoms. The number of hydrogen-bond acceptors (Lipinski definition) is 5. The largest absolute Gasteiger partial charge is 0.475 e. The zero-order valence-electron chi connectivity index (χ0n) is 8.22. The Labute approximate surface area is 87.6 Å². The van der Waals surface area contributed by atoms with Gasteiger partial charge in [0.1, 0.15) is 11.6 Å². The summed E-state index contributed by atoms with van der Waals surface area (Å²) in [7, 11) is 0. The van der Waals surface area contributed by atoms with Crippen LogP contribution in [0.25, 0.3) is 0 Å². The molecule has 0 saturated carbocycles. The van der Waals surface area contributed by atoms with Gasteiger partial charge in [0.2, 0.25) is 0 Å². The third-order valence-corrected chi connectivity index (χ3v) is 2.29. The first kappa shape index (κ1) is 9.87. The van der Waals surface area contributed by atoms with Crippen LogP contribution in [0.1, 0.15) is 12.0 Å². The quantitative estimate of drug-likeness (QED) is 0.728. The Hall–Kier alpha value is -1.67. The number of rotatable bonds is 3. The van der Waals surface area contributed by atoms with E-state index in [1.807, 2.05) is 6.07 Å². The van der Waals surface area contributed by atoms with Crippen LogP contribution in [-0.4, -0.2) is 30.0 Å². The molecule has 5 heteroatoms. The predicted octanol–water partition coefficient (Wildman–Crippen LogP) is 0.764. The van der Waals surface area contributed by atoms with Crippen molar-refractivity contribution in [2.75, 3.05) is 19.8 Å². The second kappa shape index (κ2) is 4.71. The van der Waals surface area contributed by atoms with Crippen molar-refractivity contribution in [3.05, 3.63) is 17.8 Å². The van der Waals surface area contributed by atoms with Crippen LogP contribution < -0.4 is 4.74 Å². The van der Waals surface area contributed by atoms with Gasteiger partial charge in [0.15, 0.2) is 0 Å². The van der Waals surface area contributed by atoms with E-state index in [2.05, 4.69) is 10.2 Å². The fourth-order valence-electron chi connectivity index (χ4n) is 1.42. The Morgan fingerprint density at radius 1 is 1.67 bits per heavy atom. The molecule has 0 radical (unpaired) electrons. The Kier molecular flexibility index (Phi) is 3.10. The number of aromatic nitrogens is 2. The molecule has 1 saturated heterocycles. The van der Waals surface area contributed by atoms with Crippen LogP contribution >= 0.6 is 0 Å². The van der Waals surface area contributed by atoms with Crippen LogP contribution in [0, 0.1) is 17.2 Å². The fourth-order valence-corrected chi connectivity index (χ4v) is 1.42. The van der Waals surface area contributed by atoms with Crippen LogP contribution in [-0.2, 0) is 4.74 Å². The molecule has 0 aromatic carbocycles. The molecule has 2 rings (SSSR count). The highest BCUT2D eigenvalue weighted by atomic mass is 16.5. The molecule has 0 spiro atoms. The third kappa shape index (κ3) is 2.42. The van der Waals surface area contributed by atoms with E-state index >= 15 is 0 Å². The first-order valence-corrected chi connectivity index (χ1v) is 4.82. The SMILES string of the molecule is N#Cc1ccnnc1OCC1CCOC1. The smallest absolute Gasteiger partial charge is 0.251 e. The van der Waals surface area contributed by atoms with Crippen LogP contribution in [0.5, 0.6) is 5.88 Å². The van der Waals surface area contributed by atoms with E-state index in [0.717, 1.165) is 19.6 Å². The highest BCUT2D eigenvalue weighted by molar-refractivity contribution is 5.35. The summed E-state index contributed by atoms with van der Waals surface area (Å²) < 4.78 is 10.7. The van der Waals surface area contributed by atoms with Crippen molar-refractivity contribution >= 4 is 0 Å². The summed E-state index contributed by atoms with van der Waals surface area (Å²) in [5.74, 6) is 0.713. The van der Waals surface area contributed by atoms with E-state index in [9.17, 15) is 0 Å². The van der Waals surface area contributed by atoms with Crippen LogP contribution in [0.15, 0.2) is 12.3 Å². The number of nitriles is 1. The van der Waals surface area contributed by atoms with Gasteiger partial charge in [0, 0.05) is 12.5 Å². The lowest BCUT2D eigenvalue weighted by atomic mass is 10.1. The molecule has 1 aliphatic rings. The van der Waals surface area contributed by atoms with E-state index in [1.165, 1.54) is 6.20 Å². The van der Waals surface area contributed by atoms with Crippen molar-refractivity contribution in [3.8, 4) is 11.9 Å². The zero-order valence-corrected chi connectivity index (χ0v) is 8.22. The number of ether oxygens (including phenoxy) is 2. The van der Waals surface area contributed by atoms with Crippen molar-refractivity contribution in [2.24, 2.45) is 5.92 Å². The maximum Gasteiger partial charge on any atom is 0.251 e. The molecule has 0 aliphatic carbocycles. The molecule has 1 aromatic heterocycles. The third-order valence-electron chi connectivity index (χ3n) is 2.29. The summed E-state index contributed by atoms with van der Waals surface area (Å²) in [5, 5.41) is 16.2. The van der Waals surface area contributed by atoms with Gasteiger partial charge in [-0.05, 0) is 12.5 Å². The van der Waals surface area contributed by atoms with Crippen LogP contribution in [0.3, 0.4) is 0 Å². The summed E-state index contributed by atoms with van der Waals surface area (Å²) in [4.78, 5) is 0. The van der Waals surface area contributed by atoms with Crippen molar-refractivity contribution in [3.63, 3.8) is 0 Å². The molecule has 0 bridgehead atoms. The summed E-state index contributed by atoms with van der Waals surface area (Å²) in [6, 6.07) is 3.60. The Balaban J connectivity index is 1.95. The van der Waals surface area contributed by atoms with Gasteiger partial charge >= 0.3 is 0 Å². The van der Waals surface area contributed by atoms with Gasteiger partial charge in [-0.25, -0.2) is 0 Å². The highest BCUT2D eigenvalue weighted by Crippen LogP contribution is 2.16. The second-order valence-corrected chi connectivity index (χ2v) is 3.40. The molecule has 0 amide bonds. The van der Waals surface area contributed by atoms with Crippen LogP contribution in [0.2, 0.25) is 0 Å². The van der Waals surface area contributed by atoms with Crippen molar-refractivity contribution in [2.45, 2.75) is 6.42 Å². The molecule has 5 nitrogen and oxygen atoms in total. The lowest BCUT2D eigenvalue weighted by Gasteiger charge is -2.09. The lowest BCUT2D eigenvalue weighted by molar-refractivity contribution is 0.165. The maximum absolute atomic E-state index is 8.79. The highest BCUT2D eigenvalue weighted by Gasteiger charge is 2.17. The Morgan fingerprint density at radius 2 is 2.60 bits per heavy atom. The molecule has 1 unspecified atom stereocenters. The lowest BCUT2D eigenvalue weighted by Crippen LogP contribution is -2.13. The molecule has 78 valence electrons. The minimum absolute atomic E-state index is 0.312. The molecule has 1 fully saturated rings. The van der Waals surface area contributed by atoms with Crippen molar-refractivity contribution in [1.82, 2.24) is 10.2 Å². The minimum Gasteiger partial charge on any atom is -0.475 e. The molecular weight excluding hydrogens is 194 g/mol. The maximum atomic E-state index is 8.79. The van der Waals surface area contributed by atoms with E-state index in [4.69, 9.17) is 14.7 Å². The Bertz CT molecular complexity index is 369. The monoisotopic (exact) mass is 205 g/mol. The zero-order chi connectivity index (χ0) is 10.5. The summed E-state index contributed by atoms with van der Waals surface area (Å²) in [6.07, 6.45) is 2.48. The summed E-state index contributed by atoms with van der Waals surface area (Å²) >= 11 is 0. The van der Waals surface area contributed by atoms with Gasteiger partial charge in [-0.1, -0.05) is 0 Å². The Morgan fingerprint density at radius 3 is 3.33 bits per heavy atom. The van der Waals surface area contributed by atoms with E-state index in [1.54, 1.807) is 6.07 Å². The first-order valence-electron chi connectivity index (χ1n) is 4.82. The summed E-state index contributed by atoms with van der Waals surface area (Å²) in [6.45, 7) is 2.05. The van der Waals surface area contributed by atoms with Gasteiger partial charge in [0.05, 0.1) is 19.4 Å². The standard InChI is InChI=1S/C10H11N3O2/c11-5-9-1-3-12-13-10(9)15-7-8-2-4-14-6-8/h1,3,8H,2,4,6-7H2. The molecule has 1 aliphatic heterocycles. The van der Waals surface area contributed by atoms with Gasteiger partial charge in [-0.15, -0.1) is 5.10 Å². The van der Waals surface area contributed by atoms with E-state index in [0.29, 0.717) is 24.0 Å². The van der Waals surface area contributed by atoms with Gasteiger partial charge in [-0.3, -0.25) is 0 Å². The van der Waals surface area contributed by atoms with Gasteiger partial charge in [0.25, 0.3) is 5.88 Å². The minimum atomic E-state index is 0.312. The van der Waals surface area contributed by atoms with E-state index < -0.39 is 0 Å². The topological polar surface area (TPSA) is 68.0 Å². The first-order chi connectivity index (χ1) is 7.40. The molecule has 2 heterocycles. The van der Waals surface area contributed by atoms with Crippen LogP contribution in [0.4, 0.5) is 0 Å². The van der Waals surface area contributed by atoms with Crippen molar-refractivity contribution < 1.29 is 9.47 Å². The average molecular weight is 205 g/mol. The normalized spacial score (nSPS) is 19.8. The number of hydrogen-bond donors (Lipinski definition) is 0. The average Bonchev–Trinajstić information content (AvgIpc) is 2.79. The summed E-state index contributed by atoms with van der Waals surface area (Å²) in [5.41, 5.74) is 0.420. The van der Waals surface area contributed by atoms with Gasteiger partial charge in [-0.2, -0.15) is 10.4 Å². The number of nitrogens with zero attached hydrogens (tertiary/aromatic N) is 3. The predicted molar refractivity (Wildman–Crippen MR) is 51.2 cm³/mol. The van der Waals surface area contributed by atoms with Gasteiger partial charge < -0.3 is 9.47 Å². The molecule has 0 N–H and O–H groups in total. The second-order valence-electron chi connectivity index (χ2n) is 3.40. The molecular formula is C10H11N3O2. The molecule has 1 aromatic rings. The fraction of sp³-hybridized carbons (Fsp3) is 0.500. The van der Waals surface area contributed by atoms with E-state index in [-0.39, 0.29) is 0 Å².